The van der Waals surface area contributed by atoms with Gasteiger partial charge in [-0.2, -0.15) is 13.2 Å². The Morgan fingerprint density at radius 1 is 1.05 bits per heavy atom. The van der Waals surface area contributed by atoms with Gasteiger partial charge < -0.3 is 24.6 Å². The van der Waals surface area contributed by atoms with Crippen LogP contribution in [0.25, 0.3) is 0 Å². The lowest BCUT2D eigenvalue weighted by Gasteiger charge is -2.39. The lowest BCUT2D eigenvalue weighted by Crippen LogP contribution is -2.56. The Bertz CT molecular complexity index is 1230. The van der Waals surface area contributed by atoms with Gasteiger partial charge in [-0.15, -0.1) is 0 Å². The number of ether oxygens (including phenoxy) is 2. The third-order valence-electron chi connectivity index (χ3n) is 7.27. The number of hydrogen-bond donors (Lipinski definition) is 1. The minimum Gasteiger partial charge on any atom is -0.448 e. The first kappa shape index (κ1) is 31.2. The Labute approximate surface area is 247 Å². The van der Waals surface area contributed by atoms with Gasteiger partial charge in [0.2, 0.25) is 5.91 Å². The van der Waals surface area contributed by atoms with E-state index < -0.39 is 23.9 Å². The third-order valence-corrected chi connectivity index (χ3v) is 7.86. The van der Waals surface area contributed by atoms with Crippen molar-refractivity contribution in [1.82, 2.24) is 15.1 Å². The Hall–Kier alpha value is -2.73. The van der Waals surface area contributed by atoms with Crippen LogP contribution in [0.1, 0.15) is 16.7 Å². The molecule has 0 radical (unpaired) electrons. The molecule has 2 aliphatic heterocycles. The number of amides is 2. The summed E-state index contributed by atoms with van der Waals surface area (Å²) in [5, 5.41) is 4.04. The number of hydrogen-bond acceptors (Lipinski definition) is 6. The topological polar surface area (TPSA) is 74.3 Å². The van der Waals surface area contributed by atoms with Crippen LogP contribution in [0.4, 0.5) is 23.7 Å². The maximum absolute atomic E-state index is 13.8. The molecule has 2 amide bonds. The standard InChI is InChI=1S/C28H33Cl2F3N4O4/c1-40-14-8-34-7-6-20-16-21(28(31,32)33)3-5-24(20)35-9-11-36(12-10-35)26(38)25(37-13-15-41-27(37)39)17-19-2-4-22(29)18-23(19)30/h2-5,16,18,25,34H,6-15,17H2,1H3/t25-/m0/s1. The lowest BCUT2D eigenvalue weighted by molar-refractivity contribution is -0.138. The summed E-state index contributed by atoms with van der Waals surface area (Å²) < 4.78 is 50.5. The van der Waals surface area contributed by atoms with Crippen LogP contribution in [0.5, 0.6) is 0 Å². The van der Waals surface area contributed by atoms with Gasteiger partial charge >= 0.3 is 12.3 Å². The van der Waals surface area contributed by atoms with Gasteiger partial charge in [0.1, 0.15) is 12.6 Å². The van der Waals surface area contributed by atoms with Crippen LogP contribution in [0.3, 0.4) is 0 Å². The molecule has 2 aromatic rings. The minimum atomic E-state index is -4.44. The highest BCUT2D eigenvalue weighted by atomic mass is 35.5. The first-order chi connectivity index (χ1) is 19.6. The van der Waals surface area contributed by atoms with Crippen molar-refractivity contribution in [2.45, 2.75) is 25.1 Å². The summed E-state index contributed by atoms with van der Waals surface area (Å²) in [5.41, 5.74) is 1.29. The predicted octanol–water partition coefficient (Wildman–Crippen LogP) is 4.50. The number of halogens is 5. The van der Waals surface area contributed by atoms with Crippen molar-refractivity contribution in [3.63, 3.8) is 0 Å². The van der Waals surface area contributed by atoms with E-state index in [2.05, 4.69) is 5.32 Å². The smallest absolute Gasteiger partial charge is 0.416 e. The molecule has 0 unspecified atom stereocenters. The molecule has 224 valence electrons. The van der Waals surface area contributed by atoms with E-state index in [1.807, 2.05) is 4.90 Å². The predicted molar refractivity (Wildman–Crippen MR) is 151 cm³/mol. The minimum absolute atomic E-state index is 0.196. The van der Waals surface area contributed by atoms with Gasteiger partial charge in [-0.3, -0.25) is 9.69 Å². The first-order valence-corrected chi connectivity index (χ1v) is 14.1. The molecule has 1 atom stereocenters. The zero-order valence-electron chi connectivity index (χ0n) is 22.7. The largest absolute Gasteiger partial charge is 0.448 e. The normalized spacial score (nSPS) is 16.7. The number of benzene rings is 2. The van der Waals surface area contributed by atoms with Crippen molar-refractivity contribution in [3.8, 4) is 0 Å². The molecule has 2 fully saturated rings. The molecule has 0 spiro atoms. The molecular weight excluding hydrogens is 584 g/mol. The number of methoxy groups -OCH3 is 1. The van der Waals surface area contributed by atoms with Crippen LogP contribution in [-0.4, -0.2) is 94.0 Å². The quantitative estimate of drug-likeness (QED) is 0.375. The van der Waals surface area contributed by atoms with Gasteiger partial charge in [-0.1, -0.05) is 29.3 Å². The molecule has 1 N–H and O–H groups in total. The van der Waals surface area contributed by atoms with Crippen LogP contribution in [0.2, 0.25) is 10.0 Å². The Balaban J connectivity index is 1.47. The van der Waals surface area contributed by atoms with E-state index in [0.29, 0.717) is 79.2 Å². The van der Waals surface area contributed by atoms with Gasteiger partial charge in [0.05, 0.1) is 18.7 Å². The number of anilines is 1. The zero-order chi connectivity index (χ0) is 29.6. The fourth-order valence-corrected chi connectivity index (χ4v) is 5.57. The molecule has 0 aromatic heterocycles. The number of carbonyl (C=O) groups excluding carboxylic acids is 2. The van der Waals surface area contributed by atoms with Crippen molar-refractivity contribution in [3.05, 3.63) is 63.1 Å². The summed E-state index contributed by atoms with van der Waals surface area (Å²) in [6.45, 7) is 3.63. The summed E-state index contributed by atoms with van der Waals surface area (Å²) in [6.07, 6.45) is -4.40. The highest BCUT2D eigenvalue weighted by Gasteiger charge is 2.38. The fourth-order valence-electron chi connectivity index (χ4n) is 5.09. The number of nitrogens with zero attached hydrogens (tertiary/aromatic N) is 3. The number of piperazine rings is 1. The van der Waals surface area contributed by atoms with Crippen molar-refractivity contribution in [2.24, 2.45) is 0 Å². The number of cyclic esters (lactones) is 1. The first-order valence-electron chi connectivity index (χ1n) is 13.4. The molecule has 13 heteroatoms. The molecule has 0 bridgehead atoms. The average Bonchev–Trinajstić information content (AvgIpc) is 3.37. The highest BCUT2D eigenvalue weighted by Crippen LogP contribution is 2.34. The number of nitrogens with one attached hydrogen (secondary N) is 1. The number of rotatable bonds is 11. The van der Waals surface area contributed by atoms with Crippen molar-refractivity contribution >= 4 is 40.9 Å². The molecule has 2 heterocycles. The van der Waals surface area contributed by atoms with E-state index in [1.165, 1.54) is 17.0 Å². The second kappa shape index (κ2) is 14.0. The molecular formula is C28H33Cl2F3N4O4. The molecule has 4 rings (SSSR count). The van der Waals surface area contributed by atoms with Gasteiger partial charge in [0, 0.05) is 62.0 Å². The summed E-state index contributed by atoms with van der Waals surface area (Å²) in [6, 6.07) is 8.01. The summed E-state index contributed by atoms with van der Waals surface area (Å²) in [4.78, 5) is 31.3. The van der Waals surface area contributed by atoms with E-state index in [9.17, 15) is 22.8 Å². The van der Waals surface area contributed by atoms with Crippen molar-refractivity contribution < 1.29 is 32.2 Å². The van der Waals surface area contributed by atoms with Crippen LogP contribution in [0.15, 0.2) is 36.4 Å². The van der Waals surface area contributed by atoms with Gasteiger partial charge in [-0.05, 0) is 54.4 Å². The van der Waals surface area contributed by atoms with E-state index in [-0.39, 0.29) is 25.5 Å². The molecule has 0 saturated carbocycles. The molecule has 2 saturated heterocycles. The third kappa shape index (κ3) is 7.97. The number of carbonyl (C=O) groups is 2. The second-order valence-electron chi connectivity index (χ2n) is 9.91. The van der Waals surface area contributed by atoms with Crippen LogP contribution >= 0.6 is 23.2 Å². The van der Waals surface area contributed by atoms with E-state index in [4.69, 9.17) is 32.7 Å². The van der Waals surface area contributed by atoms with Crippen LogP contribution in [-0.2, 0) is 33.3 Å². The van der Waals surface area contributed by atoms with E-state index in [1.54, 1.807) is 30.2 Å². The molecule has 8 nitrogen and oxygen atoms in total. The fraction of sp³-hybridized carbons (Fsp3) is 0.500. The highest BCUT2D eigenvalue weighted by molar-refractivity contribution is 6.35. The van der Waals surface area contributed by atoms with Crippen LogP contribution < -0.4 is 10.2 Å². The summed E-state index contributed by atoms with van der Waals surface area (Å²) >= 11 is 12.4. The molecule has 2 aliphatic rings. The molecule has 41 heavy (non-hydrogen) atoms. The van der Waals surface area contributed by atoms with Gasteiger partial charge in [-0.25, -0.2) is 4.79 Å². The Kier molecular flexibility index (Phi) is 10.6. The SMILES string of the molecule is COCCNCCc1cc(C(F)(F)F)ccc1N1CCN(C(=O)[C@H](Cc2ccc(Cl)cc2Cl)N2CCOC2=O)CC1. The Morgan fingerprint density at radius 3 is 2.44 bits per heavy atom. The van der Waals surface area contributed by atoms with Crippen molar-refractivity contribution in [2.75, 3.05) is 71.0 Å². The molecule has 0 aliphatic carbocycles. The monoisotopic (exact) mass is 616 g/mol. The van der Waals surface area contributed by atoms with E-state index >= 15 is 0 Å². The van der Waals surface area contributed by atoms with Gasteiger partial charge in [0.15, 0.2) is 0 Å². The molecule has 2 aromatic carbocycles. The summed E-state index contributed by atoms with van der Waals surface area (Å²) in [5.74, 6) is -0.232. The summed E-state index contributed by atoms with van der Waals surface area (Å²) in [7, 11) is 1.59. The average molecular weight is 617 g/mol. The lowest BCUT2D eigenvalue weighted by atomic mass is 10.0. The van der Waals surface area contributed by atoms with Gasteiger partial charge in [0.25, 0.3) is 0 Å². The Morgan fingerprint density at radius 2 is 1.80 bits per heavy atom. The number of alkyl halides is 3. The van der Waals surface area contributed by atoms with Crippen molar-refractivity contribution in [1.29, 1.82) is 0 Å². The maximum Gasteiger partial charge on any atom is 0.416 e. The maximum atomic E-state index is 13.8. The second-order valence-corrected chi connectivity index (χ2v) is 10.8. The van der Waals surface area contributed by atoms with Crippen LogP contribution in [0, 0.1) is 0 Å². The zero-order valence-corrected chi connectivity index (χ0v) is 24.2. The van der Waals surface area contributed by atoms with E-state index in [0.717, 1.165) is 6.07 Å².